The Labute approximate surface area is 255 Å². The molecular formula is C32H32ClFN4O4S. The van der Waals surface area contributed by atoms with Crippen molar-refractivity contribution in [2.24, 2.45) is 0 Å². The highest BCUT2D eigenvalue weighted by atomic mass is 35.5. The molecule has 0 unspecified atom stereocenters. The highest BCUT2D eigenvalue weighted by Crippen LogP contribution is 2.38. The molecular weight excluding hydrogens is 591 g/mol. The van der Waals surface area contributed by atoms with E-state index in [1.807, 2.05) is 73.3 Å². The van der Waals surface area contributed by atoms with Crippen molar-refractivity contribution in [1.29, 1.82) is 0 Å². The van der Waals surface area contributed by atoms with Crippen molar-refractivity contribution in [1.82, 2.24) is 15.1 Å². The van der Waals surface area contributed by atoms with Crippen LogP contribution in [0.4, 0.5) is 15.8 Å². The zero-order valence-electron chi connectivity index (χ0n) is 24.3. The van der Waals surface area contributed by atoms with Crippen molar-refractivity contribution in [2.45, 2.75) is 20.1 Å². The van der Waals surface area contributed by atoms with Gasteiger partial charge in [-0.15, -0.1) is 0 Å². The summed E-state index contributed by atoms with van der Waals surface area (Å²) in [6.45, 7) is 3.07. The lowest BCUT2D eigenvalue weighted by molar-refractivity contribution is 0.305. The summed E-state index contributed by atoms with van der Waals surface area (Å²) in [4.78, 5) is 3.92. The van der Waals surface area contributed by atoms with E-state index in [2.05, 4.69) is 10.2 Å². The number of sulfone groups is 1. The van der Waals surface area contributed by atoms with Gasteiger partial charge in [0.05, 0.1) is 34.7 Å². The third-order valence-electron chi connectivity index (χ3n) is 7.09. The van der Waals surface area contributed by atoms with Crippen LogP contribution in [0.5, 0.6) is 5.75 Å². The summed E-state index contributed by atoms with van der Waals surface area (Å²) in [6.07, 6.45) is 2.94. The minimum absolute atomic E-state index is 0.0917. The number of furan rings is 1. The second kappa shape index (κ2) is 12.7. The summed E-state index contributed by atoms with van der Waals surface area (Å²) in [5.74, 6) is 1.72. The highest BCUT2D eigenvalue weighted by Gasteiger charge is 2.17. The van der Waals surface area contributed by atoms with Crippen LogP contribution >= 0.6 is 11.6 Å². The number of nitrogens with zero attached hydrogens (tertiary/aromatic N) is 4. The number of aromatic nitrogens is 2. The predicted octanol–water partition coefficient (Wildman–Crippen LogP) is 6.81. The third kappa shape index (κ3) is 7.51. The number of rotatable bonds is 11. The molecule has 2 heterocycles. The molecule has 2 aromatic heterocycles. The van der Waals surface area contributed by atoms with Crippen molar-refractivity contribution in [3.63, 3.8) is 0 Å². The van der Waals surface area contributed by atoms with E-state index in [0.29, 0.717) is 35.2 Å². The van der Waals surface area contributed by atoms with E-state index in [9.17, 15) is 12.8 Å². The third-order valence-corrected chi connectivity index (χ3v) is 8.31. The number of fused-ring (bicyclic) bond motifs is 1. The molecule has 0 aliphatic heterocycles. The van der Waals surface area contributed by atoms with Gasteiger partial charge in [-0.3, -0.25) is 4.90 Å². The predicted molar refractivity (Wildman–Crippen MR) is 168 cm³/mol. The number of aryl methyl sites for hydroxylation is 1. The summed E-state index contributed by atoms with van der Waals surface area (Å²) < 4.78 is 48.6. The molecule has 0 saturated carbocycles. The fraction of sp³-hybridized carbons (Fsp3) is 0.250. The van der Waals surface area contributed by atoms with E-state index in [1.54, 1.807) is 18.3 Å². The fourth-order valence-electron chi connectivity index (χ4n) is 4.78. The molecule has 0 aliphatic carbocycles. The normalized spacial score (nSPS) is 11.8. The number of ether oxygens (including phenoxy) is 1. The summed E-state index contributed by atoms with van der Waals surface area (Å²) in [6, 6.07) is 19.6. The monoisotopic (exact) mass is 622 g/mol. The minimum atomic E-state index is -3.04. The second-order valence-corrected chi connectivity index (χ2v) is 13.3. The van der Waals surface area contributed by atoms with Gasteiger partial charge < -0.3 is 14.1 Å². The number of halogens is 2. The topological polar surface area (TPSA) is 88.8 Å². The van der Waals surface area contributed by atoms with E-state index >= 15 is 0 Å². The molecule has 0 radical (unpaired) electrons. The maximum Gasteiger partial charge on any atom is 0.148 e. The first-order valence-electron chi connectivity index (χ1n) is 13.6. The van der Waals surface area contributed by atoms with Gasteiger partial charge >= 0.3 is 0 Å². The SMILES string of the molecule is Cc1cc(OCc2cccc(F)c2)c(Cl)cc1N(C)c1cnnc2ccc(-c3ccc(CN(C)CCS(C)(=O)=O)o3)cc12. The quantitative estimate of drug-likeness (QED) is 0.159. The Kier molecular flexibility index (Phi) is 9.00. The van der Waals surface area contributed by atoms with Crippen LogP contribution in [0.25, 0.3) is 22.2 Å². The van der Waals surface area contributed by atoms with Gasteiger partial charge in [0.2, 0.25) is 0 Å². The summed E-state index contributed by atoms with van der Waals surface area (Å²) in [5, 5.41) is 9.84. The van der Waals surface area contributed by atoms with Gasteiger partial charge in [0.25, 0.3) is 0 Å². The van der Waals surface area contributed by atoms with Gasteiger partial charge in [0.1, 0.15) is 39.5 Å². The highest BCUT2D eigenvalue weighted by molar-refractivity contribution is 7.90. The molecule has 43 heavy (non-hydrogen) atoms. The van der Waals surface area contributed by atoms with Crippen LogP contribution in [-0.2, 0) is 23.0 Å². The molecule has 0 spiro atoms. The summed E-state index contributed by atoms with van der Waals surface area (Å²) >= 11 is 6.63. The molecule has 5 aromatic rings. The zero-order valence-corrected chi connectivity index (χ0v) is 25.9. The van der Waals surface area contributed by atoms with Gasteiger partial charge in [-0.25, -0.2) is 12.8 Å². The number of hydrogen-bond donors (Lipinski definition) is 0. The Morgan fingerprint density at radius 2 is 1.84 bits per heavy atom. The van der Waals surface area contributed by atoms with E-state index in [1.165, 1.54) is 18.4 Å². The zero-order chi connectivity index (χ0) is 30.7. The molecule has 3 aromatic carbocycles. The van der Waals surface area contributed by atoms with E-state index < -0.39 is 9.84 Å². The van der Waals surface area contributed by atoms with Crippen molar-refractivity contribution >= 4 is 43.7 Å². The van der Waals surface area contributed by atoms with Crippen LogP contribution in [0.3, 0.4) is 0 Å². The van der Waals surface area contributed by atoms with Gasteiger partial charge in [0.15, 0.2) is 0 Å². The molecule has 0 bridgehead atoms. The van der Waals surface area contributed by atoms with Gasteiger partial charge in [-0.05, 0) is 79.7 Å². The molecule has 11 heteroatoms. The molecule has 0 aliphatic rings. The Morgan fingerprint density at radius 3 is 2.60 bits per heavy atom. The number of hydrogen-bond acceptors (Lipinski definition) is 8. The lowest BCUT2D eigenvalue weighted by Gasteiger charge is -2.24. The van der Waals surface area contributed by atoms with Crippen molar-refractivity contribution in [3.05, 3.63) is 101 Å². The van der Waals surface area contributed by atoms with Crippen LogP contribution in [0.1, 0.15) is 16.9 Å². The maximum atomic E-state index is 13.6. The first kappa shape index (κ1) is 30.5. The van der Waals surface area contributed by atoms with Crippen LogP contribution < -0.4 is 9.64 Å². The second-order valence-electron chi connectivity index (χ2n) is 10.6. The molecule has 8 nitrogen and oxygen atoms in total. The van der Waals surface area contributed by atoms with Crippen LogP contribution in [0.2, 0.25) is 5.02 Å². The first-order chi connectivity index (χ1) is 20.5. The Bertz CT molecular complexity index is 1880. The average Bonchev–Trinajstić information content (AvgIpc) is 3.43. The maximum absolute atomic E-state index is 13.6. The Morgan fingerprint density at radius 1 is 1.02 bits per heavy atom. The minimum Gasteiger partial charge on any atom is -0.487 e. The largest absolute Gasteiger partial charge is 0.487 e. The fourth-order valence-corrected chi connectivity index (χ4v) is 5.64. The van der Waals surface area contributed by atoms with E-state index in [4.69, 9.17) is 20.8 Å². The molecule has 0 atom stereocenters. The summed E-state index contributed by atoms with van der Waals surface area (Å²) in [5.41, 5.74) is 4.92. The van der Waals surface area contributed by atoms with E-state index in [-0.39, 0.29) is 18.2 Å². The molecule has 0 saturated heterocycles. The van der Waals surface area contributed by atoms with Gasteiger partial charge in [-0.1, -0.05) is 23.7 Å². The molecule has 0 amide bonds. The Balaban J connectivity index is 1.37. The molecule has 224 valence electrons. The van der Waals surface area contributed by atoms with Crippen molar-refractivity contribution < 1.29 is 22.0 Å². The van der Waals surface area contributed by atoms with Crippen molar-refractivity contribution in [3.8, 4) is 17.1 Å². The average molecular weight is 623 g/mol. The molecule has 5 rings (SSSR count). The first-order valence-corrected chi connectivity index (χ1v) is 16.0. The molecule has 0 fully saturated rings. The van der Waals surface area contributed by atoms with Crippen LogP contribution in [-0.4, -0.2) is 56.2 Å². The lowest BCUT2D eigenvalue weighted by atomic mass is 10.1. The smallest absolute Gasteiger partial charge is 0.148 e. The number of anilines is 2. The van der Waals surface area contributed by atoms with Crippen molar-refractivity contribution in [2.75, 3.05) is 37.5 Å². The summed E-state index contributed by atoms with van der Waals surface area (Å²) in [7, 11) is 0.764. The van der Waals surface area contributed by atoms with Gasteiger partial charge in [0, 0.05) is 36.5 Å². The standard InChI is InChI=1S/C32H32ClFN4O4S/c1-21-14-32(41-20-22-6-5-7-24(34)15-22)27(33)17-29(21)38(3)30-18-35-36-28-10-8-23(16-26(28)30)31-11-9-25(42-31)19-37(2)12-13-43(4,39)40/h5-11,14-18H,12-13,19-20H2,1-4H3. The van der Waals surface area contributed by atoms with Crippen LogP contribution in [0, 0.1) is 12.7 Å². The van der Waals surface area contributed by atoms with E-state index in [0.717, 1.165) is 39.2 Å². The molecule has 0 N–H and O–H groups in total. The lowest BCUT2D eigenvalue weighted by Crippen LogP contribution is -2.24. The van der Waals surface area contributed by atoms with Crippen LogP contribution in [0.15, 0.2) is 77.3 Å². The Hall–Kier alpha value is -3.99. The number of benzene rings is 3. The van der Waals surface area contributed by atoms with Gasteiger partial charge in [-0.2, -0.15) is 10.2 Å².